The fourth-order valence-electron chi connectivity index (χ4n) is 3.04. The van der Waals surface area contributed by atoms with E-state index in [1.54, 1.807) is 0 Å². The number of hydrogen-bond acceptors (Lipinski definition) is 2. The Hall–Kier alpha value is -0.860. The Bertz CT molecular complexity index is 371. The van der Waals surface area contributed by atoms with Crippen molar-refractivity contribution in [2.24, 2.45) is 5.92 Å². The first-order valence-corrected chi connectivity index (χ1v) is 7.75. The molecule has 106 valence electrons. The average molecular weight is 261 g/mol. The Balaban J connectivity index is 2.19. The third-order valence-electron chi connectivity index (χ3n) is 4.12. The number of benzene rings is 1. The first-order chi connectivity index (χ1) is 9.36. The highest BCUT2D eigenvalue weighted by Crippen LogP contribution is 2.32. The monoisotopic (exact) mass is 261 g/mol. The van der Waals surface area contributed by atoms with E-state index in [1.165, 1.54) is 30.4 Å². The van der Waals surface area contributed by atoms with Gasteiger partial charge in [-0.15, -0.1) is 0 Å². The van der Waals surface area contributed by atoms with Crippen molar-refractivity contribution in [3.05, 3.63) is 35.4 Å². The summed E-state index contributed by atoms with van der Waals surface area (Å²) in [5.74, 6) is 0.716. The van der Waals surface area contributed by atoms with Crippen molar-refractivity contribution < 1.29 is 4.74 Å². The number of hydrogen-bond donors (Lipinski definition) is 1. The van der Waals surface area contributed by atoms with Crippen molar-refractivity contribution in [2.45, 2.75) is 45.6 Å². The summed E-state index contributed by atoms with van der Waals surface area (Å²) in [6, 6.07) is 9.41. The summed E-state index contributed by atoms with van der Waals surface area (Å²) in [6.45, 7) is 7.42. The average Bonchev–Trinajstić information content (AvgIpc) is 2.49. The van der Waals surface area contributed by atoms with Gasteiger partial charge >= 0.3 is 0 Å². The molecule has 1 aliphatic heterocycles. The number of ether oxygens (including phenoxy) is 1. The minimum absolute atomic E-state index is 0.500. The van der Waals surface area contributed by atoms with Gasteiger partial charge in [-0.3, -0.25) is 0 Å². The van der Waals surface area contributed by atoms with E-state index in [2.05, 4.69) is 43.4 Å². The lowest BCUT2D eigenvalue weighted by Gasteiger charge is -2.32. The van der Waals surface area contributed by atoms with Gasteiger partial charge in [-0.25, -0.2) is 0 Å². The molecule has 1 unspecified atom stereocenters. The van der Waals surface area contributed by atoms with Gasteiger partial charge in [0.15, 0.2) is 0 Å². The van der Waals surface area contributed by atoms with Crippen LogP contribution in [0.2, 0.25) is 0 Å². The first-order valence-electron chi connectivity index (χ1n) is 7.75. The molecule has 1 heterocycles. The highest BCUT2D eigenvalue weighted by molar-refractivity contribution is 5.30. The molecule has 1 N–H and O–H groups in total. The fraction of sp³-hybridized carbons (Fsp3) is 0.647. The maximum absolute atomic E-state index is 5.52. The molecule has 1 aromatic rings. The predicted molar refractivity (Wildman–Crippen MR) is 80.4 cm³/mol. The topological polar surface area (TPSA) is 21.3 Å². The van der Waals surface area contributed by atoms with E-state index >= 15 is 0 Å². The van der Waals surface area contributed by atoms with Crippen LogP contribution in [0, 0.1) is 5.92 Å². The van der Waals surface area contributed by atoms with E-state index in [-0.39, 0.29) is 0 Å². The molecular weight excluding hydrogens is 234 g/mol. The van der Waals surface area contributed by atoms with Crippen LogP contribution in [0.4, 0.5) is 0 Å². The zero-order valence-electron chi connectivity index (χ0n) is 12.3. The molecule has 1 atom stereocenters. The summed E-state index contributed by atoms with van der Waals surface area (Å²) in [5, 5.41) is 3.77. The highest BCUT2D eigenvalue weighted by atomic mass is 16.5. The Morgan fingerprint density at radius 1 is 1.21 bits per heavy atom. The van der Waals surface area contributed by atoms with E-state index in [4.69, 9.17) is 4.74 Å². The fourth-order valence-corrected chi connectivity index (χ4v) is 3.04. The van der Waals surface area contributed by atoms with Gasteiger partial charge in [0.2, 0.25) is 0 Å². The maximum atomic E-state index is 5.52. The number of aryl methyl sites for hydroxylation is 1. The van der Waals surface area contributed by atoms with Gasteiger partial charge in [0, 0.05) is 19.3 Å². The van der Waals surface area contributed by atoms with Crippen molar-refractivity contribution in [3.8, 4) is 0 Å². The van der Waals surface area contributed by atoms with Crippen molar-refractivity contribution in [2.75, 3.05) is 19.8 Å². The van der Waals surface area contributed by atoms with Crippen LogP contribution in [0.5, 0.6) is 0 Å². The molecule has 0 bridgehead atoms. The highest BCUT2D eigenvalue weighted by Gasteiger charge is 2.26. The molecule has 2 rings (SSSR count). The lowest BCUT2D eigenvalue weighted by molar-refractivity contribution is 0.0535. The second-order valence-electron chi connectivity index (χ2n) is 5.43. The van der Waals surface area contributed by atoms with Crippen molar-refractivity contribution in [1.29, 1.82) is 0 Å². The Morgan fingerprint density at radius 3 is 2.63 bits per heavy atom. The van der Waals surface area contributed by atoms with Crippen LogP contribution in [0.1, 0.15) is 50.3 Å². The summed E-state index contributed by atoms with van der Waals surface area (Å²) >= 11 is 0. The van der Waals surface area contributed by atoms with E-state index in [0.29, 0.717) is 12.0 Å². The zero-order chi connectivity index (χ0) is 13.5. The lowest BCUT2D eigenvalue weighted by Crippen LogP contribution is -2.33. The predicted octanol–water partition coefficient (Wildman–Crippen LogP) is 3.72. The summed E-state index contributed by atoms with van der Waals surface area (Å²) in [4.78, 5) is 0. The maximum Gasteiger partial charge on any atom is 0.0469 e. The van der Waals surface area contributed by atoms with Crippen molar-refractivity contribution in [3.63, 3.8) is 0 Å². The van der Waals surface area contributed by atoms with Crippen LogP contribution in [0.25, 0.3) is 0 Å². The molecule has 2 nitrogen and oxygen atoms in total. The third kappa shape index (κ3) is 3.80. The van der Waals surface area contributed by atoms with E-state index in [0.717, 1.165) is 26.2 Å². The molecule has 1 aromatic carbocycles. The van der Waals surface area contributed by atoms with Crippen LogP contribution < -0.4 is 5.32 Å². The van der Waals surface area contributed by atoms with Gasteiger partial charge in [-0.05, 0) is 49.3 Å². The molecule has 1 saturated heterocycles. The Morgan fingerprint density at radius 2 is 1.95 bits per heavy atom. The second kappa shape index (κ2) is 7.66. The molecule has 2 heteroatoms. The molecule has 0 spiro atoms. The molecule has 0 aromatic heterocycles. The van der Waals surface area contributed by atoms with Crippen LogP contribution in [-0.4, -0.2) is 19.8 Å². The molecule has 0 amide bonds. The van der Waals surface area contributed by atoms with Crippen LogP contribution in [0.3, 0.4) is 0 Å². The largest absolute Gasteiger partial charge is 0.381 e. The van der Waals surface area contributed by atoms with Gasteiger partial charge in [0.05, 0.1) is 0 Å². The summed E-state index contributed by atoms with van der Waals surface area (Å²) in [5.41, 5.74) is 2.99. The minimum atomic E-state index is 0.500. The van der Waals surface area contributed by atoms with Crippen LogP contribution in [-0.2, 0) is 11.2 Å². The van der Waals surface area contributed by atoms with Gasteiger partial charge < -0.3 is 10.1 Å². The molecule has 0 aliphatic carbocycles. The van der Waals surface area contributed by atoms with Crippen molar-refractivity contribution >= 4 is 0 Å². The van der Waals surface area contributed by atoms with Gasteiger partial charge in [-0.1, -0.05) is 38.1 Å². The molecule has 1 aliphatic rings. The second-order valence-corrected chi connectivity index (χ2v) is 5.43. The van der Waals surface area contributed by atoms with Crippen LogP contribution >= 0.6 is 0 Å². The molecule has 19 heavy (non-hydrogen) atoms. The van der Waals surface area contributed by atoms with E-state index < -0.39 is 0 Å². The van der Waals surface area contributed by atoms with Gasteiger partial charge in [0.25, 0.3) is 0 Å². The minimum Gasteiger partial charge on any atom is -0.381 e. The Kier molecular flexibility index (Phi) is 5.87. The SMILES string of the molecule is CCCNC(c1ccccc1CC)C1CCOCC1. The normalized spacial score (nSPS) is 18.4. The van der Waals surface area contributed by atoms with E-state index in [9.17, 15) is 0 Å². The standard InChI is InChI=1S/C17H27NO/c1-3-11-18-17(15-9-12-19-13-10-15)16-8-6-5-7-14(16)4-2/h5-8,15,17-18H,3-4,9-13H2,1-2H3. The van der Waals surface area contributed by atoms with Gasteiger partial charge in [-0.2, -0.15) is 0 Å². The molecular formula is C17H27NO. The molecule has 0 radical (unpaired) electrons. The smallest absolute Gasteiger partial charge is 0.0469 e. The first kappa shape index (κ1) is 14.5. The third-order valence-corrected chi connectivity index (χ3v) is 4.12. The lowest BCUT2D eigenvalue weighted by atomic mass is 9.84. The summed E-state index contributed by atoms with van der Waals surface area (Å²) in [6.07, 6.45) is 4.66. The Labute approximate surface area is 117 Å². The quantitative estimate of drug-likeness (QED) is 0.842. The molecule has 0 saturated carbocycles. The summed E-state index contributed by atoms with van der Waals surface area (Å²) < 4.78 is 5.52. The van der Waals surface area contributed by atoms with Crippen LogP contribution in [0.15, 0.2) is 24.3 Å². The van der Waals surface area contributed by atoms with Crippen molar-refractivity contribution in [1.82, 2.24) is 5.32 Å². The zero-order valence-corrected chi connectivity index (χ0v) is 12.3. The molecule has 1 fully saturated rings. The van der Waals surface area contributed by atoms with Gasteiger partial charge in [0.1, 0.15) is 0 Å². The van der Waals surface area contributed by atoms with E-state index in [1.807, 2.05) is 0 Å². The summed E-state index contributed by atoms with van der Waals surface area (Å²) in [7, 11) is 0. The number of nitrogens with one attached hydrogen (secondary N) is 1. The number of rotatable bonds is 6.